The highest BCUT2D eigenvalue weighted by molar-refractivity contribution is 5.92. The molecule has 1 aliphatic rings. The van der Waals surface area contributed by atoms with Crippen LogP contribution >= 0.6 is 0 Å². The van der Waals surface area contributed by atoms with Gasteiger partial charge in [-0.2, -0.15) is 0 Å². The van der Waals surface area contributed by atoms with Crippen LogP contribution < -0.4 is 21.3 Å². The molecule has 3 rings (SSSR count). The summed E-state index contributed by atoms with van der Waals surface area (Å²) in [5, 5.41) is 11.7. The van der Waals surface area contributed by atoms with Crippen molar-refractivity contribution in [1.29, 1.82) is 0 Å². The van der Waals surface area contributed by atoms with Crippen molar-refractivity contribution in [3.63, 3.8) is 0 Å². The molecule has 302 valence electrons. The summed E-state index contributed by atoms with van der Waals surface area (Å²) < 4.78 is 10.4. The molecule has 0 aromatic heterocycles. The van der Waals surface area contributed by atoms with Crippen LogP contribution in [-0.4, -0.2) is 90.7 Å². The van der Waals surface area contributed by atoms with Crippen LogP contribution in [-0.2, 0) is 41.5 Å². The van der Waals surface area contributed by atoms with E-state index in [1.807, 2.05) is 90.1 Å². The zero-order chi connectivity index (χ0) is 40.9. The summed E-state index contributed by atoms with van der Waals surface area (Å²) in [4.78, 5) is 68.4. The molecule has 0 saturated carbocycles. The van der Waals surface area contributed by atoms with Gasteiger partial charge in [0, 0.05) is 25.6 Å². The van der Waals surface area contributed by atoms with Gasteiger partial charge in [0.2, 0.25) is 17.7 Å². The molecule has 0 fully saturated rings. The Morgan fingerprint density at radius 1 is 0.745 bits per heavy atom. The van der Waals surface area contributed by atoms with Gasteiger partial charge in [-0.15, -0.1) is 0 Å². The fourth-order valence-corrected chi connectivity index (χ4v) is 6.61. The molecule has 12 nitrogen and oxygen atoms in total. The molecule has 2 aromatic carbocycles. The molecule has 0 radical (unpaired) electrons. The lowest BCUT2D eigenvalue weighted by Gasteiger charge is -2.32. The van der Waals surface area contributed by atoms with E-state index in [0.29, 0.717) is 25.9 Å². The summed E-state index contributed by atoms with van der Waals surface area (Å²) in [6.45, 7) is 17.5. The third kappa shape index (κ3) is 14.5. The number of amides is 4. The van der Waals surface area contributed by atoms with Gasteiger partial charge < -0.3 is 30.7 Å². The van der Waals surface area contributed by atoms with E-state index in [2.05, 4.69) is 44.4 Å². The monoisotopic (exact) mass is 761 g/mol. The van der Waals surface area contributed by atoms with Gasteiger partial charge in [-0.3, -0.25) is 19.3 Å². The second kappa shape index (κ2) is 20.8. The number of hydrogen-bond acceptors (Lipinski definition) is 8. The Bertz CT molecular complexity index is 1610. The molecule has 0 saturated heterocycles. The molecule has 4 amide bonds. The van der Waals surface area contributed by atoms with Crippen LogP contribution in [0.1, 0.15) is 79.9 Å². The molecule has 12 heteroatoms. The number of alkyl carbamates (subject to hydrolysis) is 1. The van der Waals surface area contributed by atoms with Gasteiger partial charge in [-0.1, -0.05) is 100 Å². The van der Waals surface area contributed by atoms with Gasteiger partial charge in [0.1, 0.15) is 23.7 Å². The van der Waals surface area contributed by atoms with Crippen molar-refractivity contribution in [2.75, 3.05) is 20.2 Å². The summed E-state index contributed by atoms with van der Waals surface area (Å²) in [5.74, 6) is -2.07. The topological polar surface area (TPSA) is 155 Å². The number of nitrogens with zero attached hydrogens (tertiary/aromatic N) is 1. The SMILES string of the molecule is COC(=O)[C@@H](NC(=O)[C@@H](NC(=O)C(C)N1CCC(C(C)NC(=O)[C@H](Cc2ccccc2)NC(=O)OC(C)(C)C)=CC(Cc2ccccc2)C1)C(C)C)C(C)C. The van der Waals surface area contributed by atoms with E-state index in [4.69, 9.17) is 9.47 Å². The summed E-state index contributed by atoms with van der Waals surface area (Å²) >= 11 is 0. The van der Waals surface area contributed by atoms with E-state index < -0.39 is 47.7 Å². The fourth-order valence-electron chi connectivity index (χ4n) is 6.61. The number of esters is 1. The predicted molar refractivity (Wildman–Crippen MR) is 214 cm³/mol. The lowest BCUT2D eigenvalue weighted by atomic mass is 9.94. The maximum Gasteiger partial charge on any atom is 0.408 e. The first-order chi connectivity index (χ1) is 25.9. The zero-order valence-corrected chi connectivity index (χ0v) is 34.3. The van der Waals surface area contributed by atoms with Crippen LogP contribution in [0.2, 0.25) is 0 Å². The normalized spacial score (nSPS) is 17.7. The van der Waals surface area contributed by atoms with Gasteiger partial charge in [-0.05, 0) is 76.3 Å². The maximum absolute atomic E-state index is 13.9. The molecule has 3 unspecified atom stereocenters. The lowest BCUT2D eigenvalue weighted by Crippen LogP contribution is -2.58. The summed E-state index contributed by atoms with van der Waals surface area (Å²) in [6.07, 6.45) is 3.12. The highest BCUT2D eigenvalue weighted by atomic mass is 16.6. The summed E-state index contributed by atoms with van der Waals surface area (Å²) in [7, 11) is 1.28. The molecule has 0 bridgehead atoms. The minimum atomic E-state index is -0.874. The van der Waals surface area contributed by atoms with Gasteiger partial charge in [-0.25, -0.2) is 9.59 Å². The minimum absolute atomic E-state index is 0.00515. The zero-order valence-electron chi connectivity index (χ0n) is 34.3. The second-order valence-electron chi connectivity index (χ2n) is 16.2. The number of carbonyl (C=O) groups is 5. The Morgan fingerprint density at radius 3 is 1.85 bits per heavy atom. The first-order valence-corrected chi connectivity index (χ1v) is 19.4. The van der Waals surface area contributed by atoms with Crippen LogP contribution in [0, 0.1) is 17.8 Å². The Balaban J connectivity index is 1.81. The van der Waals surface area contributed by atoms with Crippen LogP contribution in [0.5, 0.6) is 0 Å². The minimum Gasteiger partial charge on any atom is -0.467 e. The van der Waals surface area contributed by atoms with Crippen LogP contribution in [0.25, 0.3) is 0 Å². The Kier molecular flexibility index (Phi) is 16.9. The van der Waals surface area contributed by atoms with E-state index in [0.717, 1.165) is 16.7 Å². The number of carbonyl (C=O) groups excluding carboxylic acids is 5. The third-order valence-corrected chi connectivity index (χ3v) is 9.75. The molecular formula is C43H63N5O7. The number of nitrogens with one attached hydrogen (secondary N) is 4. The molecule has 1 aliphatic heterocycles. The molecule has 1 heterocycles. The number of ether oxygens (including phenoxy) is 2. The largest absolute Gasteiger partial charge is 0.467 e. The molecule has 4 N–H and O–H groups in total. The average Bonchev–Trinajstić information content (AvgIpc) is 3.34. The van der Waals surface area contributed by atoms with Crippen molar-refractivity contribution in [1.82, 2.24) is 26.2 Å². The molecule has 0 spiro atoms. The quantitative estimate of drug-likeness (QED) is 0.138. The lowest BCUT2D eigenvalue weighted by molar-refractivity contribution is -0.147. The molecule has 0 aliphatic carbocycles. The van der Waals surface area contributed by atoms with Gasteiger partial charge >= 0.3 is 12.1 Å². The number of methoxy groups -OCH3 is 1. The first kappa shape index (κ1) is 44.7. The molecule has 55 heavy (non-hydrogen) atoms. The number of rotatable bonds is 16. The van der Waals surface area contributed by atoms with E-state index in [1.165, 1.54) is 7.11 Å². The molecule has 6 atom stereocenters. The molecule has 2 aromatic rings. The van der Waals surface area contributed by atoms with Crippen LogP contribution in [0.15, 0.2) is 72.3 Å². The Labute approximate surface area is 327 Å². The fraction of sp³-hybridized carbons (Fsp3) is 0.558. The predicted octanol–water partition coefficient (Wildman–Crippen LogP) is 4.96. The molecular weight excluding hydrogens is 699 g/mol. The number of hydrogen-bond donors (Lipinski definition) is 4. The van der Waals surface area contributed by atoms with E-state index in [9.17, 15) is 24.0 Å². The summed E-state index contributed by atoms with van der Waals surface area (Å²) in [6, 6.07) is 16.1. The average molecular weight is 762 g/mol. The van der Waals surface area contributed by atoms with Gasteiger partial charge in [0.05, 0.1) is 13.2 Å². The number of benzene rings is 2. The third-order valence-electron chi connectivity index (χ3n) is 9.75. The van der Waals surface area contributed by atoms with Crippen LogP contribution in [0.4, 0.5) is 4.79 Å². The second-order valence-corrected chi connectivity index (χ2v) is 16.2. The van der Waals surface area contributed by atoms with Crippen molar-refractivity contribution < 1.29 is 33.4 Å². The Hall–Kier alpha value is -4.71. The smallest absolute Gasteiger partial charge is 0.408 e. The van der Waals surface area contributed by atoms with Gasteiger partial charge in [0.25, 0.3) is 0 Å². The highest BCUT2D eigenvalue weighted by Crippen LogP contribution is 2.24. The Morgan fingerprint density at radius 2 is 1.31 bits per heavy atom. The van der Waals surface area contributed by atoms with E-state index in [-0.39, 0.29) is 42.0 Å². The van der Waals surface area contributed by atoms with Crippen molar-refractivity contribution >= 4 is 29.8 Å². The van der Waals surface area contributed by atoms with Crippen molar-refractivity contribution in [2.24, 2.45) is 17.8 Å². The first-order valence-electron chi connectivity index (χ1n) is 19.4. The highest BCUT2D eigenvalue weighted by Gasteiger charge is 2.34. The van der Waals surface area contributed by atoms with Crippen LogP contribution in [0.3, 0.4) is 0 Å². The van der Waals surface area contributed by atoms with Crippen molar-refractivity contribution in [2.45, 2.75) is 117 Å². The maximum atomic E-state index is 13.9. The van der Waals surface area contributed by atoms with Gasteiger partial charge in [0.15, 0.2) is 0 Å². The summed E-state index contributed by atoms with van der Waals surface area (Å²) in [5.41, 5.74) is 2.33. The van der Waals surface area contributed by atoms with E-state index >= 15 is 0 Å². The standard InChI is InChI=1S/C43H63N5O7/c1-27(2)36(40(51)47-37(28(3)4)41(52)54-10)46-38(49)30(6)48-22-21-34(24-33(26-48)23-31-17-13-11-14-18-31)29(5)44-39(50)35(25-32-19-15-12-16-20-32)45-42(53)55-43(7,8)9/h11-20,24,27-30,33,35-37H,21-23,25-26H2,1-10H3,(H,44,50)(H,45,53)(H,46,49)(H,47,51)/t29?,30?,33?,35-,36-,37-/m0/s1. The van der Waals surface area contributed by atoms with Crippen molar-refractivity contribution in [3.8, 4) is 0 Å². The van der Waals surface area contributed by atoms with E-state index in [1.54, 1.807) is 20.8 Å². The van der Waals surface area contributed by atoms with Crippen molar-refractivity contribution in [3.05, 3.63) is 83.4 Å².